The molecule has 96 valence electrons. The van der Waals surface area contributed by atoms with Crippen LogP contribution in [0.25, 0.3) is 16.6 Å². The summed E-state index contributed by atoms with van der Waals surface area (Å²) in [7, 11) is 0. The van der Waals surface area contributed by atoms with Gasteiger partial charge in [-0.3, -0.25) is 0 Å². The molecule has 0 bridgehead atoms. The zero-order chi connectivity index (χ0) is 13.2. The summed E-state index contributed by atoms with van der Waals surface area (Å²) in [5.41, 5.74) is 2.57. The van der Waals surface area contributed by atoms with Crippen LogP contribution in [0.3, 0.4) is 0 Å². The number of hydrogen-bond donors (Lipinski definition) is 2. The first-order valence-electron chi connectivity index (χ1n) is 6.11. The fourth-order valence-corrected chi connectivity index (χ4v) is 2.12. The van der Waals surface area contributed by atoms with Crippen molar-refractivity contribution < 1.29 is 10.2 Å². The number of aliphatic hydroxyl groups excluding tert-OH is 2. The van der Waals surface area contributed by atoms with Gasteiger partial charge < -0.3 is 10.2 Å². The van der Waals surface area contributed by atoms with Gasteiger partial charge in [-0.2, -0.15) is 5.10 Å². The molecule has 4 nitrogen and oxygen atoms in total. The third-order valence-corrected chi connectivity index (χ3v) is 3.15. The van der Waals surface area contributed by atoms with Crippen LogP contribution in [0.15, 0.2) is 54.7 Å². The first kappa shape index (κ1) is 11.9. The maximum Gasteiger partial charge on any atom is 0.102 e. The molecular weight excluding hydrogens is 240 g/mol. The van der Waals surface area contributed by atoms with Gasteiger partial charge in [-0.15, -0.1) is 0 Å². The molecule has 3 rings (SSSR count). The first-order valence-corrected chi connectivity index (χ1v) is 6.11. The van der Waals surface area contributed by atoms with Crippen LogP contribution in [0.2, 0.25) is 0 Å². The van der Waals surface area contributed by atoms with E-state index in [-0.39, 0.29) is 6.61 Å². The van der Waals surface area contributed by atoms with Crippen LogP contribution in [-0.4, -0.2) is 26.6 Å². The van der Waals surface area contributed by atoms with Crippen molar-refractivity contribution in [2.24, 2.45) is 0 Å². The molecular formula is C15H14N2O2. The van der Waals surface area contributed by atoms with E-state index in [0.29, 0.717) is 5.56 Å². The highest BCUT2D eigenvalue weighted by Gasteiger charge is 2.10. The number of benzene rings is 2. The van der Waals surface area contributed by atoms with Crippen LogP contribution in [0, 0.1) is 0 Å². The summed E-state index contributed by atoms with van der Waals surface area (Å²) in [6, 6.07) is 15.4. The molecule has 0 saturated heterocycles. The predicted octanol–water partition coefficient (Wildman–Crippen LogP) is 2.05. The van der Waals surface area contributed by atoms with Gasteiger partial charge in [0.25, 0.3) is 0 Å². The van der Waals surface area contributed by atoms with Crippen LogP contribution in [0.4, 0.5) is 0 Å². The van der Waals surface area contributed by atoms with Gasteiger partial charge in [0.05, 0.1) is 24.0 Å². The quantitative estimate of drug-likeness (QED) is 0.752. The summed E-state index contributed by atoms with van der Waals surface area (Å²) in [5.74, 6) is 0. The van der Waals surface area contributed by atoms with Crippen molar-refractivity contribution in [1.82, 2.24) is 9.78 Å². The number of rotatable bonds is 3. The van der Waals surface area contributed by atoms with Gasteiger partial charge in [-0.25, -0.2) is 4.68 Å². The fraction of sp³-hybridized carbons (Fsp3) is 0.133. The average Bonchev–Trinajstić information content (AvgIpc) is 2.90. The van der Waals surface area contributed by atoms with E-state index in [2.05, 4.69) is 5.10 Å². The van der Waals surface area contributed by atoms with Gasteiger partial charge in [0.2, 0.25) is 0 Å². The standard InChI is InChI=1S/C15H14N2O2/c18-10-15(19)11-6-7-12-9-16-17(14(12)8-11)13-4-2-1-3-5-13/h1-9,15,18-19H,10H2. The number of fused-ring (bicyclic) bond motifs is 1. The highest BCUT2D eigenvalue weighted by atomic mass is 16.3. The van der Waals surface area contributed by atoms with Crippen LogP contribution in [-0.2, 0) is 0 Å². The highest BCUT2D eigenvalue weighted by Crippen LogP contribution is 2.22. The summed E-state index contributed by atoms with van der Waals surface area (Å²) < 4.78 is 1.82. The predicted molar refractivity (Wildman–Crippen MR) is 73.1 cm³/mol. The van der Waals surface area contributed by atoms with Crippen molar-refractivity contribution in [2.45, 2.75) is 6.10 Å². The Kier molecular flexibility index (Phi) is 3.03. The zero-order valence-electron chi connectivity index (χ0n) is 10.3. The maximum atomic E-state index is 9.71. The third-order valence-electron chi connectivity index (χ3n) is 3.15. The minimum atomic E-state index is -0.858. The van der Waals surface area contributed by atoms with Crippen molar-refractivity contribution in [3.63, 3.8) is 0 Å². The lowest BCUT2D eigenvalue weighted by atomic mass is 10.1. The third kappa shape index (κ3) is 2.12. The molecule has 0 radical (unpaired) electrons. The molecule has 0 fully saturated rings. The maximum absolute atomic E-state index is 9.71. The minimum absolute atomic E-state index is 0.287. The number of nitrogens with zero attached hydrogens (tertiary/aromatic N) is 2. The van der Waals surface area contributed by atoms with Crippen molar-refractivity contribution >= 4 is 10.9 Å². The van der Waals surface area contributed by atoms with Crippen molar-refractivity contribution in [2.75, 3.05) is 6.61 Å². The van der Waals surface area contributed by atoms with E-state index >= 15 is 0 Å². The largest absolute Gasteiger partial charge is 0.393 e. The van der Waals surface area contributed by atoms with E-state index in [1.54, 1.807) is 12.3 Å². The van der Waals surface area contributed by atoms with Gasteiger partial charge in [0.1, 0.15) is 6.10 Å². The number of para-hydroxylation sites is 1. The molecule has 1 aromatic heterocycles. The SMILES string of the molecule is OCC(O)c1ccc2cnn(-c3ccccc3)c2c1. The molecule has 19 heavy (non-hydrogen) atoms. The molecule has 1 heterocycles. The first-order chi connectivity index (χ1) is 9.29. The molecule has 0 aliphatic heterocycles. The smallest absolute Gasteiger partial charge is 0.102 e. The average molecular weight is 254 g/mol. The van der Waals surface area contributed by atoms with Crippen molar-refractivity contribution in [3.05, 3.63) is 60.3 Å². The Bertz CT molecular complexity index is 692. The van der Waals surface area contributed by atoms with E-state index in [1.165, 1.54) is 0 Å². The van der Waals surface area contributed by atoms with E-state index in [4.69, 9.17) is 5.11 Å². The summed E-state index contributed by atoms with van der Waals surface area (Å²) in [6.45, 7) is -0.287. The fourth-order valence-electron chi connectivity index (χ4n) is 2.12. The summed E-state index contributed by atoms with van der Waals surface area (Å²) in [6.07, 6.45) is 0.931. The molecule has 1 unspecified atom stereocenters. The molecule has 0 aliphatic carbocycles. The van der Waals surface area contributed by atoms with E-state index in [0.717, 1.165) is 16.6 Å². The Balaban J connectivity index is 2.16. The Labute approximate surface area is 110 Å². The Morgan fingerprint density at radius 2 is 1.89 bits per heavy atom. The summed E-state index contributed by atoms with van der Waals surface area (Å²) in [5, 5.41) is 24.1. The molecule has 1 atom stereocenters. The van der Waals surface area contributed by atoms with Gasteiger partial charge in [-0.1, -0.05) is 30.3 Å². The normalized spacial score (nSPS) is 12.7. The van der Waals surface area contributed by atoms with Crippen LogP contribution in [0.5, 0.6) is 0 Å². The lowest BCUT2D eigenvalue weighted by molar-refractivity contribution is 0.0957. The van der Waals surface area contributed by atoms with Crippen LogP contribution in [0.1, 0.15) is 11.7 Å². The van der Waals surface area contributed by atoms with E-state index in [9.17, 15) is 5.11 Å². The second-order valence-electron chi connectivity index (χ2n) is 4.41. The zero-order valence-corrected chi connectivity index (χ0v) is 10.3. The molecule has 2 aromatic carbocycles. The number of hydrogen-bond acceptors (Lipinski definition) is 3. The molecule has 4 heteroatoms. The monoisotopic (exact) mass is 254 g/mol. The Morgan fingerprint density at radius 3 is 2.63 bits per heavy atom. The molecule has 2 N–H and O–H groups in total. The molecule has 0 saturated carbocycles. The second kappa shape index (κ2) is 4.84. The lowest BCUT2D eigenvalue weighted by Crippen LogP contribution is -2.03. The lowest BCUT2D eigenvalue weighted by Gasteiger charge is -2.08. The van der Waals surface area contributed by atoms with Crippen molar-refractivity contribution in [3.8, 4) is 5.69 Å². The van der Waals surface area contributed by atoms with Crippen LogP contribution >= 0.6 is 0 Å². The minimum Gasteiger partial charge on any atom is -0.393 e. The van der Waals surface area contributed by atoms with E-state index in [1.807, 2.05) is 47.1 Å². The van der Waals surface area contributed by atoms with Gasteiger partial charge >= 0.3 is 0 Å². The number of aromatic nitrogens is 2. The summed E-state index contributed by atoms with van der Waals surface area (Å²) in [4.78, 5) is 0. The highest BCUT2D eigenvalue weighted by molar-refractivity contribution is 5.81. The number of aliphatic hydroxyl groups is 2. The van der Waals surface area contributed by atoms with Gasteiger partial charge in [-0.05, 0) is 23.8 Å². The second-order valence-corrected chi connectivity index (χ2v) is 4.41. The van der Waals surface area contributed by atoms with Crippen LogP contribution < -0.4 is 0 Å². The van der Waals surface area contributed by atoms with Gasteiger partial charge in [0, 0.05) is 5.39 Å². The summed E-state index contributed by atoms with van der Waals surface area (Å²) >= 11 is 0. The van der Waals surface area contributed by atoms with E-state index < -0.39 is 6.10 Å². The Morgan fingerprint density at radius 1 is 1.11 bits per heavy atom. The molecule has 0 aliphatic rings. The molecule has 0 spiro atoms. The Hall–Kier alpha value is -2.17. The van der Waals surface area contributed by atoms with Crippen molar-refractivity contribution in [1.29, 1.82) is 0 Å². The van der Waals surface area contributed by atoms with Gasteiger partial charge in [0.15, 0.2) is 0 Å². The molecule has 0 amide bonds. The topological polar surface area (TPSA) is 58.3 Å². The molecule has 3 aromatic rings.